The lowest BCUT2D eigenvalue weighted by atomic mass is 10.0. The molecule has 1 aliphatic carbocycles. The molecule has 1 aromatic carbocycles. The van der Waals surface area contributed by atoms with Crippen LogP contribution >= 0.6 is 11.3 Å². The van der Waals surface area contributed by atoms with E-state index < -0.39 is 0 Å². The van der Waals surface area contributed by atoms with Crippen LogP contribution in [0.3, 0.4) is 0 Å². The van der Waals surface area contributed by atoms with Gasteiger partial charge < -0.3 is 5.32 Å². The van der Waals surface area contributed by atoms with Crippen LogP contribution in [0, 0.1) is 0 Å². The molecule has 20 heavy (non-hydrogen) atoms. The molecule has 0 saturated carbocycles. The van der Waals surface area contributed by atoms with E-state index in [2.05, 4.69) is 54.9 Å². The zero-order valence-electron chi connectivity index (χ0n) is 12.4. The first-order valence-corrected chi connectivity index (χ1v) is 8.50. The van der Waals surface area contributed by atoms with E-state index in [0.29, 0.717) is 12.1 Å². The lowest BCUT2D eigenvalue weighted by Gasteiger charge is -2.20. The van der Waals surface area contributed by atoms with Gasteiger partial charge in [0.05, 0.1) is 0 Å². The predicted molar refractivity (Wildman–Crippen MR) is 87.5 cm³/mol. The zero-order valence-corrected chi connectivity index (χ0v) is 13.2. The summed E-state index contributed by atoms with van der Waals surface area (Å²) >= 11 is 1.85. The molecule has 0 aliphatic heterocycles. The summed E-state index contributed by atoms with van der Waals surface area (Å²) in [5.74, 6) is 0. The van der Waals surface area contributed by atoms with Gasteiger partial charge in [0.1, 0.15) is 0 Å². The van der Waals surface area contributed by atoms with Gasteiger partial charge in [-0.25, -0.2) is 0 Å². The average molecular weight is 285 g/mol. The Balaban J connectivity index is 1.62. The molecule has 1 heterocycles. The number of fused-ring (bicyclic) bond motifs is 1. The van der Waals surface area contributed by atoms with Crippen LogP contribution in [0.4, 0.5) is 0 Å². The molecule has 0 saturated heterocycles. The fraction of sp³-hybridized carbons (Fsp3) is 0.444. The third-order valence-corrected chi connectivity index (χ3v) is 5.14. The summed E-state index contributed by atoms with van der Waals surface area (Å²) in [4.78, 5) is 1.46. The van der Waals surface area contributed by atoms with Crippen LogP contribution in [0.2, 0.25) is 0 Å². The molecule has 2 aromatic rings. The molecule has 2 heteroatoms. The normalized spacial score (nSPS) is 16.9. The second-order valence-electron chi connectivity index (χ2n) is 5.95. The van der Waals surface area contributed by atoms with Crippen molar-refractivity contribution in [1.29, 1.82) is 0 Å². The van der Waals surface area contributed by atoms with Gasteiger partial charge in [0.2, 0.25) is 0 Å². The van der Waals surface area contributed by atoms with Gasteiger partial charge in [0, 0.05) is 17.0 Å². The van der Waals surface area contributed by atoms with E-state index in [1.54, 1.807) is 11.1 Å². The van der Waals surface area contributed by atoms with Crippen molar-refractivity contribution in [3.63, 3.8) is 0 Å². The van der Waals surface area contributed by atoms with Gasteiger partial charge >= 0.3 is 0 Å². The Morgan fingerprint density at radius 2 is 2.00 bits per heavy atom. The molecule has 2 unspecified atom stereocenters. The van der Waals surface area contributed by atoms with Gasteiger partial charge in [0.25, 0.3) is 0 Å². The van der Waals surface area contributed by atoms with Crippen LogP contribution in [0.1, 0.15) is 47.9 Å². The number of rotatable bonds is 5. The lowest BCUT2D eigenvalue weighted by molar-refractivity contribution is 0.479. The molecule has 0 bridgehead atoms. The van der Waals surface area contributed by atoms with E-state index in [-0.39, 0.29) is 0 Å². The summed E-state index contributed by atoms with van der Waals surface area (Å²) in [6, 6.07) is 12.4. The third kappa shape index (κ3) is 3.13. The smallest absolute Gasteiger partial charge is 0.0294 e. The Bertz CT molecular complexity index is 559. The Labute approximate surface area is 126 Å². The molecule has 106 valence electrons. The Hall–Kier alpha value is -1.12. The van der Waals surface area contributed by atoms with Gasteiger partial charge in [-0.3, -0.25) is 0 Å². The highest BCUT2D eigenvalue weighted by Gasteiger charge is 2.15. The van der Waals surface area contributed by atoms with Crippen LogP contribution in [-0.2, 0) is 19.3 Å². The Morgan fingerprint density at radius 3 is 2.80 bits per heavy atom. The van der Waals surface area contributed by atoms with Crippen molar-refractivity contribution < 1.29 is 0 Å². The minimum atomic E-state index is 0.427. The zero-order chi connectivity index (χ0) is 13.9. The second-order valence-corrected chi connectivity index (χ2v) is 6.99. The number of hydrogen-bond donors (Lipinski definition) is 1. The molecule has 0 radical (unpaired) electrons. The van der Waals surface area contributed by atoms with Crippen LogP contribution in [0.25, 0.3) is 0 Å². The molecule has 0 spiro atoms. The molecule has 0 fully saturated rings. The molecule has 1 N–H and O–H groups in total. The van der Waals surface area contributed by atoms with Gasteiger partial charge in [-0.1, -0.05) is 24.3 Å². The van der Waals surface area contributed by atoms with Gasteiger partial charge in [-0.15, -0.1) is 11.3 Å². The summed E-state index contributed by atoms with van der Waals surface area (Å²) in [5, 5.41) is 5.89. The fourth-order valence-electron chi connectivity index (χ4n) is 3.17. The van der Waals surface area contributed by atoms with Crippen molar-refractivity contribution in [1.82, 2.24) is 5.32 Å². The molecule has 1 aliphatic rings. The highest BCUT2D eigenvalue weighted by atomic mass is 32.1. The monoisotopic (exact) mass is 285 g/mol. The van der Waals surface area contributed by atoms with Gasteiger partial charge in [-0.2, -0.15) is 0 Å². The van der Waals surface area contributed by atoms with E-state index in [1.807, 2.05) is 11.3 Å². The topological polar surface area (TPSA) is 12.0 Å². The molecule has 0 amide bonds. The first-order valence-electron chi connectivity index (χ1n) is 7.62. The third-order valence-electron chi connectivity index (χ3n) is 4.24. The Kier molecular flexibility index (Phi) is 4.23. The summed E-state index contributed by atoms with van der Waals surface area (Å²) in [7, 11) is 0. The molecule has 1 nitrogen and oxygen atoms in total. The second kappa shape index (κ2) is 6.11. The number of nitrogens with one attached hydrogen (secondary N) is 1. The average Bonchev–Trinajstić information content (AvgIpc) is 3.07. The van der Waals surface area contributed by atoms with E-state index >= 15 is 0 Å². The van der Waals surface area contributed by atoms with Crippen molar-refractivity contribution >= 4 is 11.3 Å². The highest BCUT2D eigenvalue weighted by molar-refractivity contribution is 7.09. The van der Waals surface area contributed by atoms with E-state index in [4.69, 9.17) is 0 Å². The van der Waals surface area contributed by atoms with Gasteiger partial charge in [-0.05, 0) is 67.7 Å². The number of aryl methyl sites for hydroxylation is 2. The minimum Gasteiger partial charge on any atom is -0.307 e. The van der Waals surface area contributed by atoms with Crippen molar-refractivity contribution in [2.45, 2.75) is 51.6 Å². The van der Waals surface area contributed by atoms with Crippen LogP contribution in [0.5, 0.6) is 0 Å². The molecular weight excluding hydrogens is 262 g/mol. The van der Waals surface area contributed by atoms with E-state index in [1.165, 1.54) is 29.7 Å². The molecule has 3 rings (SSSR count). The van der Waals surface area contributed by atoms with E-state index in [9.17, 15) is 0 Å². The maximum atomic E-state index is 3.73. The van der Waals surface area contributed by atoms with Crippen molar-refractivity contribution in [3.8, 4) is 0 Å². The number of thiophene rings is 1. The summed E-state index contributed by atoms with van der Waals surface area (Å²) in [6.07, 6.45) is 4.98. The van der Waals surface area contributed by atoms with Crippen molar-refractivity contribution in [3.05, 3.63) is 57.3 Å². The summed E-state index contributed by atoms with van der Waals surface area (Å²) in [6.45, 7) is 4.56. The van der Waals surface area contributed by atoms with Crippen LogP contribution < -0.4 is 5.32 Å². The first kappa shape index (κ1) is 13.8. The largest absolute Gasteiger partial charge is 0.307 e. The first-order chi connectivity index (χ1) is 9.72. The predicted octanol–water partition coefficient (Wildman–Crippen LogP) is 4.52. The standard InChI is InChI=1S/C18H23NS/c1-13(11-18-7-4-10-20-18)19-14(2)16-9-8-15-5-3-6-17(15)12-16/h4,7-10,12-14,19H,3,5-6,11H2,1-2H3. The Morgan fingerprint density at radius 1 is 1.15 bits per heavy atom. The quantitative estimate of drug-likeness (QED) is 0.851. The van der Waals surface area contributed by atoms with Crippen molar-refractivity contribution in [2.24, 2.45) is 0 Å². The molecule has 2 atom stereocenters. The maximum Gasteiger partial charge on any atom is 0.0294 e. The molecule has 1 aromatic heterocycles. The van der Waals surface area contributed by atoms with Crippen molar-refractivity contribution in [2.75, 3.05) is 0 Å². The van der Waals surface area contributed by atoms with E-state index in [0.717, 1.165) is 6.42 Å². The summed E-state index contributed by atoms with van der Waals surface area (Å²) < 4.78 is 0. The van der Waals surface area contributed by atoms with Gasteiger partial charge in [0.15, 0.2) is 0 Å². The van der Waals surface area contributed by atoms with Crippen LogP contribution in [0.15, 0.2) is 35.7 Å². The number of benzene rings is 1. The summed E-state index contributed by atoms with van der Waals surface area (Å²) in [5.41, 5.74) is 4.57. The molecular formula is C18H23NS. The highest BCUT2D eigenvalue weighted by Crippen LogP contribution is 2.25. The number of hydrogen-bond acceptors (Lipinski definition) is 2. The maximum absolute atomic E-state index is 3.73. The lowest BCUT2D eigenvalue weighted by Crippen LogP contribution is -2.30. The SMILES string of the molecule is CC(Cc1cccs1)NC(C)c1ccc2c(c1)CCC2. The minimum absolute atomic E-state index is 0.427. The fourth-order valence-corrected chi connectivity index (χ4v) is 4.01. The van der Waals surface area contributed by atoms with Crippen LogP contribution in [-0.4, -0.2) is 6.04 Å².